The lowest BCUT2D eigenvalue weighted by atomic mass is 10.2. The topological polar surface area (TPSA) is 86.5 Å². The first kappa shape index (κ1) is 20.5. The molecule has 7 nitrogen and oxygen atoms in total. The van der Waals surface area contributed by atoms with Crippen LogP contribution in [0.2, 0.25) is 0 Å². The number of halogens is 3. The van der Waals surface area contributed by atoms with E-state index in [0.29, 0.717) is 5.56 Å². The molecule has 2 aromatic rings. The fourth-order valence-electron chi connectivity index (χ4n) is 1.96. The number of aromatic nitrogens is 2. The standard InChI is InChI=1S/C17H20F3N3O4/c1-10(21-15(24)26-16(2,3)4)14-22-13(23-27-14)11-6-5-7-12(8-11)25-9-17(18,19)20/h5-8,10H,9H2,1-4H3,(H,21,24)/t10-/m0/s1. The Hall–Kier alpha value is -2.78. The summed E-state index contributed by atoms with van der Waals surface area (Å²) >= 11 is 0. The van der Waals surface area contributed by atoms with Crippen molar-refractivity contribution in [2.45, 2.75) is 45.5 Å². The van der Waals surface area contributed by atoms with Crippen molar-refractivity contribution in [2.75, 3.05) is 6.61 Å². The first-order valence-corrected chi connectivity index (χ1v) is 8.06. The van der Waals surface area contributed by atoms with E-state index in [2.05, 4.69) is 15.5 Å². The molecule has 0 radical (unpaired) electrons. The molecule has 0 bridgehead atoms. The normalized spacial score (nSPS) is 13.1. The Balaban J connectivity index is 2.05. The van der Waals surface area contributed by atoms with Gasteiger partial charge in [-0.25, -0.2) is 4.79 Å². The Morgan fingerprint density at radius 1 is 1.30 bits per heavy atom. The Morgan fingerprint density at radius 2 is 2.00 bits per heavy atom. The molecule has 0 aliphatic rings. The molecule has 0 spiro atoms. The summed E-state index contributed by atoms with van der Waals surface area (Å²) in [6, 6.07) is 5.25. The molecule has 0 aliphatic carbocycles. The van der Waals surface area contributed by atoms with E-state index in [0.717, 1.165) is 0 Å². The van der Waals surface area contributed by atoms with Gasteiger partial charge in [-0.1, -0.05) is 17.3 Å². The van der Waals surface area contributed by atoms with Crippen molar-refractivity contribution in [3.63, 3.8) is 0 Å². The highest BCUT2D eigenvalue weighted by Crippen LogP contribution is 2.25. The number of nitrogens with zero attached hydrogens (tertiary/aromatic N) is 2. The Bertz CT molecular complexity index is 784. The van der Waals surface area contributed by atoms with Gasteiger partial charge in [-0.3, -0.25) is 0 Å². The van der Waals surface area contributed by atoms with Gasteiger partial charge in [-0.2, -0.15) is 18.2 Å². The van der Waals surface area contributed by atoms with Crippen molar-refractivity contribution in [3.8, 4) is 17.1 Å². The number of alkyl halides is 3. The zero-order chi connectivity index (χ0) is 20.2. The van der Waals surface area contributed by atoms with Gasteiger partial charge in [0.15, 0.2) is 6.61 Å². The highest BCUT2D eigenvalue weighted by Gasteiger charge is 2.28. The molecule has 1 aromatic carbocycles. The monoisotopic (exact) mass is 387 g/mol. The summed E-state index contributed by atoms with van der Waals surface area (Å²) in [6.45, 7) is 5.43. The van der Waals surface area contributed by atoms with Crippen molar-refractivity contribution >= 4 is 6.09 Å². The first-order valence-electron chi connectivity index (χ1n) is 8.06. The van der Waals surface area contributed by atoms with Crippen LogP contribution in [0.15, 0.2) is 28.8 Å². The average Bonchev–Trinajstić information content (AvgIpc) is 3.01. The molecule has 0 saturated carbocycles. The number of carbonyl (C=O) groups is 1. The van der Waals surface area contributed by atoms with E-state index >= 15 is 0 Å². The SMILES string of the molecule is C[C@H](NC(=O)OC(C)(C)C)c1nc(-c2cccc(OCC(F)(F)F)c2)no1. The number of rotatable bonds is 5. The number of hydrogen-bond donors (Lipinski definition) is 1. The second-order valence-electron chi connectivity index (χ2n) is 6.76. The molecular weight excluding hydrogens is 367 g/mol. The molecule has 0 aliphatic heterocycles. The third kappa shape index (κ3) is 6.80. The lowest BCUT2D eigenvalue weighted by Crippen LogP contribution is -2.34. The maximum absolute atomic E-state index is 12.3. The minimum atomic E-state index is -4.43. The van der Waals surface area contributed by atoms with Crippen LogP contribution in [-0.2, 0) is 4.74 Å². The summed E-state index contributed by atoms with van der Waals surface area (Å²) in [5, 5.41) is 6.34. The van der Waals surface area contributed by atoms with E-state index in [4.69, 9.17) is 14.0 Å². The Morgan fingerprint density at radius 3 is 2.63 bits per heavy atom. The van der Waals surface area contributed by atoms with Crippen LogP contribution >= 0.6 is 0 Å². The van der Waals surface area contributed by atoms with Crippen LogP contribution in [0.3, 0.4) is 0 Å². The van der Waals surface area contributed by atoms with Gasteiger partial charge in [0.2, 0.25) is 11.7 Å². The highest BCUT2D eigenvalue weighted by atomic mass is 19.4. The second kappa shape index (κ2) is 7.85. The Labute approximate surface area is 153 Å². The number of benzene rings is 1. The van der Waals surface area contributed by atoms with E-state index in [1.165, 1.54) is 18.2 Å². The summed E-state index contributed by atoms with van der Waals surface area (Å²) in [5.74, 6) is 0.300. The lowest BCUT2D eigenvalue weighted by Gasteiger charge is -2.20. The van der Waals surface area contributed by atoms with Crippen molar-refractivity contribution in [3.05, 3.63) is 30.2 Å². The van der Waals surface area contributed by atoms with Gasteiger partial charge >= 0.3 is 12.3 Å². The molecule has 2 rings (SSSR count). The van der Waals surface area contributed by atoms with Gasteiger partial charge < -0.3 is 19.3 Å². The van der Waals surface area contributed by atoms with Crippen molar-refractivity contribution in [1.29, 1.82) is 0 Å². The number of hydrogen-bond acceptors (Lipinski definition) is 6. The van der Waals surface area contributed by atoms with E-state index in [1.54, 1.807) is 33.8 Å². The predicted octanol–water partition coefficient (Wildman–Crippen LogP) is 4.26. The predicted molar refractivity (Wildman–Crippen MR) is 89.1 cm³/mol. The summed E-state index contributed by atoms with van der Waals surface area (Å²) in [6.07, 6.45) is -5.07. The molecule has 0 saturated heterocycles. The molecule has 10 heteroatoms. The third-order valence-corrected chi connectivity index (χ3v) is 3.04. The van der Waals surface area contributed by atoms with Gasteiger partial charge in [-0.15, -0.1) is 0 Å². The van der Waals surface area contributed by atoms with Crippen LogP contribution in [0.5, 0.6) is 5.75 Å². The van der Waals surface area contributed by atoms with Crippen LogP contribution in [0, 0.1) is 0 Å². The largest absolute Gasteiger partial charge is 0.484 e. The second-order valence-corrected chi connectivity index (χ2v) is 6.76. The van der Waals surface area contributed by atoms with Crippen molar-refractivity contribution < 1.29 is 32.0 Å². The zero-order valence-electron chi connectivity index (χ0n) is 15.3. The number of ether oxygens (including phenoxy) is 2. The third-order valence-electron chi connectivity index (χ3n) is 3.04. The highest BCUT2D eigenvalue weighted by molar-refractivity contribution is 5.68. The minimum Gasteiger partial charge on any atom is -0.484 e. The molecule has 1 atom stereocenters. The maximum atomic E-state index is 12.3. The van der Waals surface area contributed by atoms with Crippen LogP contribution in [0.4, 0.5) is 18.0 Å². The number of carbonyl (C=O) groups excluding carboxylic acids is 1. The fraction of sp³-hybridized carbons (Fsp3) is 0.471. The Kier molecular flexibility index (Phi) is 5.97. The van der Waals surface area contributed by atoms with Crippen molar-refractivity contribution in [1.82, 2.24) is 15.5 Å². The molecule has 1 N–H and O–H groups in total. The van der Waals surface area contributed by atoms with Crippen LogP contribution in [0.1, 0.15) is 39.6 Å². The van der Waals surface area contributed by atoms with E-state index in [9.17, 15) is 18.0 Å². The molecule has 0 unspecified atom stereocenters. The lowest BCUT2D eigenvalue weighted by molar-refractivity contribution is -0.153. The van der Waals surface area contributed by atoms with Gasteiger partial charge in [0, 0.05) is 5.56 Å². The molecule has 1 aromatic heterocycles. The summed E-state index contributed by atoms with van der Waals surface area (Å²) in [7, 11) is 0. The summed E-state index contributed by atoms with van der Waals surface area (Å²) in [4.78, 5) is 15.9. The van der Waals surface area contributed by atoms with Gasteiger partial charge in [0.25, 0.3) is 0 Å². The molecular formula is C17H20F3N3O4. The van der Waals surface area contributed by atoms with Crippen molar-refractivity contribution in [2.24, 2.45) is 0 Å². The quantitative estimate of drug-likeness (QED) is 0.825. The van der Waals surface area contributed by atoms with E-state index < -0.39 is 30.5 Å². The number of amides is 1. The fourth-order valence-corrected chi connectivity index (χ4v) is 1.96. The van der Waals surface area contributed by atoms with Gasteiger partial charge in [0.1, 0.15) is 17.4 Å². The van der Waals surface area contributed by atoms with Crippen LogP contribution in [-0.4, -0.2) is 34.6 Å². The average molecular weight is 387 g/mol. The molecule has 148 valence electrons. The summed E-state index contributed by atoms with van der Waals surface area (Å²) in [5.41, 5.74) is -0.241. The molecule has 1 amide bonds. The van der Waals surface area contributed by atoms with Crippen LogP contribution < -0.4 is 10.1 Å². The first-order chi connectivity index (χ1) is 12.4. The molecule has 1 heterocycles. The maximum Gasteiger partial charge on any atom is 0.422 e. The number of alkyl carbamates (subject to hydrolysis) is 1. The zero-order valence-corrected chi connectivity index (χ0v) is 15.3. The minimum absolute atomic E-state index is 0.0242. The molecule has 0 fully saturated rings. The van der Waals surface area contributed by atoms with Crippen LogP contribution in [0.25, 0.3) is 11.4 Å². The smallest absolute Gasteiger partial charge is 0.422 e. The van der Waals surface area contributed by atoms with E-state index in [-0.39, 0.29) is 17.5 Å². The van der Waals surface area contributed by atoms with Gasteiger partial charge in [0.05, 0.1) is 0 Å². The molecule has 27 heavy (non-hydrogen) atoms. The summed E-state index contributed by atoms with van der Waals surface area (Å²) < 4.78 is 51.7. The van der Waals surface area contributed by atoms with Gasteiger partial charge in [-0.05, 0) is 39.8 Å². The van der Waals surface area contributed by atoms with E-state index in [1.807, 2.05) is 0 Å². The number of nitrogens with one attached hydrogen (secondary N) is 1.